The fourth-order valence-electron chi connectivity index (χ4n) is 2.05. The van der Waals surface area contributed by atoms with Crippen molar-refractivity contribution in [1.82, 2.24) is 10.3 Å². The van der Waals surface area contributed by atoms with Crippen LogP contribution in [0.15, 0.2) is 4.79 Å². The Kier molecular flexibility index (Phi) is 4.87. The normalized spacial score (nSPS) is 10.3. The molecule has 0 unspecified atom stereocenters. The van der Waals surface area contributed by atoms with Gasteiger partial charge in [0.2, 0.25) is 5.91 Å². The standard InChI is InChI=1S/C14H19N3O2/c1-8(2)16-13(18)6-5-11-9(3)12(7-15)14(19)17-10(11)4/h8H,5-6H2,1-4H3,(H,16,18)(H,17,19). The minimum atomic E-state index is -0.368. The Morgan fingerprint density at radius 3 is 2.58 bits per heavy atom. The zero-order valence-electron chi connectivity index (χ0n) is 11.8. The molecule has 0 fully saturated rings. The highest BCUT2D eigenvalue weighted by molar-refractivity contribution is 5.76. The van der Waals surface area contributed by atoms with Crippen LogP contribution in [0.1, 0.15) is 42.7 Å². The lowest BCUT2D eigenvalue weighted by atomic mass is 9.99. The van der Waals surface area contributed by atoms with Crippen molar-refractivity contribution < 1.29 is 4.79 Å². The Labute approximate surface area is 112 Å². The van der Waals surface area contributed by atoms with Crippen molar-refractivity contribution in [2.75, 3.05) is 0 Å². The molecule has 19 heavy (non-hydrogen) atoms. The molecule has 1 aromatic rings. The van der Waals surface area contributed by atoms with E-state index in [4.69, 9.17) is 5.26 Å². The van der Waals surface area contributed by atoms with E-state index in [2.05, 4.69) is 10.3 Å². The van der Waals surface area contributed by atoms with E-state index in [1.165, 1.54) is 0 Å². The summed E-state index contributed by atoms with van der Waals surface area (Å²) in [6.07, 6.45) is 0.860. The summed E-state index contributed by atoms with van der Waals surface area (Å²) in [6.45, 7) is 7.34. The van der Waals surface area contributed by atoms with Crippen molar-refractivity contribution in [3.8, 4) is 6.07 Å². The van der Waals surface area contributed by atoms with E-state index in [1.807, 2.05) is 19.9 Å². The minimum Gasteiger partial charge on any atom is -0.354 e. The number of nitrogens with zero attached hydrogens (tertiary/aromatic N) is 1. The van der Waals surface area contributed by atoms with E-state index in [1.54, 1.807) is 13.8 Å². The van der Waals surface area contributed by atoms with Crippen LogP contribution in [0.3, 0.4) is 0 Å². The molecule has 0 saturated heterocycles. The SMILES string of the molecule is Cc1[nH]c(=O)c(C#N)c(C)c1CCC(=O)NC(C)C. The quantitative estimate of drug-likeness (QED) is 0.857. The zero-order chi connectivity index (χ0) is 14.6. The number of carbonyl (C=O) groups is 1. The molecule has 0 aliphatic rings. The highest BCUT2D eigenvalue weighted by atomic mass is 16.1. The largest absolute Gasteiger partial charge is 0.354 e. The number of rotatable bonds is 4. The molecule has 102 valence electrons. The number of hydrogen-bond donors (Lipinski definition) is 2. The number of H-pyrrole nitrogens is 1. The number of carbonyl (C=O) groups excluding carboxylic acids is 1. The average molecular weight is 261 g/mol. The fraction of sp³-hybridized carbons (Fsp3) is 0.500. The molecule has 5 heteroatoms. The molecule has 0 atom stereocenters. The monoisotopic (exact) mass is 261 g/mol. The summed E-state index contributed by atoms with van der Waals surface area (Å²) in [7, 11) is 0. The number of pyridine rings is 1. The van der Waals surface area contributed by atoms with Crippen LogP contribution in [0, 0.1) is 25.2 Å². The predicted molar refractivity (Wildman–Crippen MR) is 72.9 cm³/mol. The van der Waals surface area contributed by atoms with Crippen LogP contribution in [-0.4, -0.2) is 16.9 Å². The van der Waals surface area contributed by atoms with E-state index < -0.39 is 0 Å². The van der Waals surface area contributed by atoms with Crippen molar-refractivity contribution in [3.63, 3.8) is 0 Å². The average Bonchev–Trinajstić information content (AvgIpc) is 2.27. The smallest absolute Gasteiger partial charge is 0.266 e. The fourth-order valence-corrected chi connectivity index (χ4v) is 2.05. The number of aryl methyl sites for hydroxylation is 1. The van der Waals surface area contributed by atoms with Crippen LogP contribution in [-0.2, 0) is 11.2 Å². The van der Waals surface area contributed by atoms with E-state index in [-0.39, 0.29) is 23.1 Å². The van der Waals surface area contributed by atoms with Crippen LogP contribution < -0.4 is 10.9 Å². The van der Waals surface area contributed by atoms with Crippen molar-refractivity contribution in [3.05, 3.63) is 32.7 Å². The van der Waals surface area contributed by atoms with Crippen LogP contribution in [0.5, 0.6) is 0 Å². The van der Waals surface area contributed by atoms with Crippen molar-refractivity contribution in [2.24, 2.45) is 0 Å². The second kappa shape index (κ2) is 6.19. The molecular weight excluding hydrogens is 242 g/mol. The van der Waals surface area contributed by atoms with Gasteiger partial charge in [0.15, 0.2) is 0 Å². The summed E-state index contributed by atoms with van der Waals surface area (Å²) in [6, 6.07) is 2.02. The molecule has 0 aliphatic heterocycles. The van der Waals surface area contributed by atoms with E-state index in [0.29, 0.717) is 18.4 Å². The molecule has 0 bridgehead atoms. The molecule has 0 spiro atoms. The molecule has 1 amide bonds. The van der Waals surface area contributed by atoms with Gasteiger partial charge in [-0.1, -0.05) is 0 Å². The first-order chi connectivity index (χ1) is 8.86. The van der Waals surface area contributed by atoms with Gasteiger partial charge in [0, 0.05) is 18.2 Å². The molecule has 0 aliphatic carbocycles. The van der Waals surface area contributed by atoms with E-state index in [0.717, 1.165) is 11.3 Å². The molecule has 1 heterocycles. The molecule has 0 saturated carbocycles. The third-order valence-electron chi connectivity index (χ3n) is 2.97. The van der Waals surface area contributed by atoms with Gasteiger partial charge in [-0.3, -0.25) is 9.59 Å². The number of hydrogen-bond acceptors (Lipinski definition) is 3. The maximum absolute atomic E-state index is 11.6. The second-order valence-corrected chi connectivity index (χ2v) is 4.89. The zero-order valence-corrected chi connectivity index (χ0v) is 11.8. The van der Waals surface area contributed by atoms with Gasteiger partial charge < -0.3 is 10.3 Å². The Morgan fingerprint density at radius 2 is 2.05 bits per heavy atom. The highest BCUT2D eigenvalue weighted by Gasteiger charge is 2.13. The van der Waals surface area contributed by atoms with Gasteiger partial charge in [0.25, 0.3) is 5.56 Å². The van der Waals surface area contributed by atoms with Crippen molar-refractivity contribution in [2.45, 2.75) is 46.6 Å². The minimum absolute atomic E-state index is 0.0292. The molecule has 5 nitrogen and oxygen atoms in total. The summed E-state index contributed by atoms with van der Waals surface area (Å²) in [5.41, 5.74) is 2.02. The molecule has 1 rings (SSSR count). The number of aromatic nitrogens is 1. The number of nitrogens with one attached hydrogen (secondary N) is 2. The lowest BCUT2D eigenvalue weighted by Crippen LogP contribution is -2.30. The van der Waals surface area contributed by atoms with Crippen molar-refractivity contribution in [1.29, 1.82) is 5.26 Å². The summed E-state index contributed by atoms with van der Waals surface area (Å²) in [5, 5.41) is 11.8. The lowest BCUT2D eigenvalue weighted by molar-refractivity contribution is -0.121. The third kappa shape index (κ3) is 3.68. The first kappa shape index (κ1) is 15.0. The van der Waals surface area contributed by atoms with Crippen LogP contribution in [0.4, 0.5) is 0 Å². The Morgan fingerprint density at radius 1 is 1.42 bits per heavy atom. The lowest BCUT2D eigenvalue weighted by Gasteiger charge is -2.12. The molecule has 1 aromatic heterocycles. The maximum atomic E-state index is 11.6. The van der Waals surface area contributed by atoms with Gasteiger partial charge in [-0.15, -0.1) is 0 Å². The Bertz CT molecular complexity index is 580. The highest BCUT2D eigenvalue weighted by Crippen LogP contribution is 2.14. The van der Waals surface area contributed by atoms with E-state index in [9.17, 15) is 9.59 Å². The van der Waals surface area contributed by atoms with Gasteiger partial charge in [-0.2, -0.15) is 5.26 Å². The van der Waals surface area contributed by atoms with Gasteiger partial charge in [-0.25, -0.2) is 0 Å². The molecular formula is C14H19N3O2. The first-order valence-electron chi connectivity index (χ1n) is 6.28. The number of aromatic amines is 1. The van der Waals surface area contributed by atoms with Gasteiger partial charge in [0.05, 0.1) is 0 Å². The molecule has 0 aromatic carbocycles. The van der Waals surface area contributed by atoms with Crippen molar-refractivity contribution >= 4 is 5.91 Å². The van der Waals surface area contributed by atoms with Crippen LogP contribution in [0.2, 0.25) is 0 Å². The van der Waals surface area contributed by atoms with Crippen LogP contribution >= 0.6 is 0 Å². The summed E-state index contributed by atoms with van der Waals surface area (Å²) in [4.78, 5) is 25.8. The van der Waals surface area contributed by atoms with Crippen LogP contribution in [0.25, 0.3) is 0 Å². The number of amides is 1. The maximum Gasteiger partial charge on any atom is 0.266 e. The van der Waals surface area contributed by atoms with E-state index >= 15 is 0 Å². The summed E-state index contributed by atoms with van der Waals surface area (Å²) >= 11 is 0. The Balaban J connectivity index is 2.94. The number of nitriles is 1. The van der Waals surface area contributed by atoms with Gasteiger partial charge in [0.1, 0.15) is 11.6 Å². The van der Waals surface area contributed by atoms with Gasteiger partial charge in [-0.05, 0) is 45.2 Å². The predicted octanol–water partition coefficient (Wildman–Crippen LogP) is 1.32. The summed E-state index contributed by atoms with van der Waals surface area (Å²) in [5.74, 6) is -0.0292. The molecule has 0 radical (unpaired) electrons. The first-order valence-corrected chi connectivity index (χ1v) is 6.28. The Hall–Kier alpha value is -2.09. The second-order valence-electron chi connectivity index (χ2n) is 4.89. The molecule has 2 N–H and O–H groups in total. The summed E-state index contributed by atoms with van der Waals surface area (Å²) < 4.78 is 0. The third-order valence-corrected chi connectivity index (χ3v) is 2.97. The van der Waals surface area contributed by atoms with Gasteiger partial charge >= 0.3 is 0 Å². The topological polar surface area (TPSA) is 85.8 Å².